The fraction of sp³-hybridized carbons (Fsp3) is 0.611. The van der Waals surface area contributed by atoms with E-state index >= 15 is 0 Å². The minimum atomic E-state index is -0.582. The van der Waals surface area contributed by atoms with E-state index in [9.17, 15) is 9.18 Å². The van der Waals surface area contributed by atoms with Crippen LogP contribution in [0.4, 0.5) is 14.9 Å². The van der Waals surface area contributed by atoms with Crippen LogP contribution in [0.2, 0.25) is 0 Å². The Morgan fingerprint density at radius 3 is 2.65 bits per heavy atom. The summed E-state index contributed by atoms with van der Waals surface area (Å²) in [5.74, 6) is 0.175. The summed E-state index contributed by atoms with van der Waals surface area (Å²) in [5, 5.41) is 0. The third-order valence-corrected chi connectivity index (χ3v) is 4.28. The fourth-order valence-corrected chi connectivity index (χ4v) is 3.43. The number of amides is 1. The Hall–Kier alpha value is -1.10. The van der Waals surface area contributed by atoms with E-state index in [0.29, 0.717) is 28.1 Å². The number of anilines is 1. The molecule has 1 unspecified atom stereocenters. The molecule has 0 bridgehead atoms. The van der Waals surface area contributed by atoms with E-state index in [2.05, 4.69) is 29.8 Å². The first kappa shape index (κ1) is 18.2. The molecule has 0 aliphatic carbocycles. The van der Waals surface area contributed by atoms with E-state index in [-0.39, 0.29) is 11.9 Å². The number of hydrogen-bond donors (Lipinski definition) is 0. The predicted octanol–water partition coefficient (Wildman–Crippen LogP) is 5.69. The van der Waals surface area contributed by atoms with Gasteiger partial charge in [0, 0.05) is 16.1 Å². The Bertz CT molecular complexity index is 595. The summed E-state index contributed by atoms with van der Waals surface area (Å²) in [6, 6.07) is 3.30. The zero-order chi connectivity index (χ0) is 17.4. The molecule has 1 aliphatic rings. The molecule has 1 atom stereocenters. The molecule has 5 heteroatoms. The minimum Gasteiger partial charge on any atom is -0.443 e. The van der Waals surface area contributed by atoms with Crippen molar-refractivity contribution >= 4 is 27.7 Å². The molecule has 1 aliphatic heterocycles. The predicted molar refractivity (Wildman–Crippen MR) is 94.4 cm³/mol. The van der Waals surface area contributed by atoms with Crippen molar-refractivity contribution in [1.29, 1.82) is 0 Å². The maximum absolute atomic E-state index is 14.3. The third kappa shape index (κ3) is 4.46. The summed E-state index contributed by atoms with van der Waals surface area (Å²) in [4.78, 5) is 14.4. The number of halogens is 2. The van der Waals surface area contributed by atoms with Gasteiger partial charge >= 0.3 is 6.09 Å². The number of nitrogens with zero attached hydrogens (tertiary/aromatic N) is 1. The second-order valence-electron chi connectivity index (χ2n) is 7.56. The standard InChI is InChI=1S/C18H25BrFNO2/c1-11(2)8-13-6-7-14-15(20)9-12(19)10-16(14)21(13)17(22)23-18(3,4)5/h9-11,13H,6-8H2,1-5H3. The Morgan fingerprint density at radius 1 is 1.43 bits per heavy atom. The molecule has 0 aromatic heterocycles. The fourth-order valence-electron chi connectivity index (χ4n) is 3.02. The van der Waals surface area contributed by atoms with Gasteiger partial charge in [-0.05, 0) is 58.1 Å². The molecular formula is C18H25BrFNO2. The van der Waals surface area contributed by atoms with Gasteiger partial charge in [0.1, 0.15) is 11.4 Å². The van der Waals surface area contributed by atoms with Crippen LogP contribution in [0.1, 0.15) is 53.0 Å². The molecule has 0 fully saturated rings. The van der Waals surface area contributed by atoms with Crippen molar-refractivity contribution in [3.05, 3.63) is 28.0 Å². The molecule has 0 saturated heterocycles. The van der Waals surface area contributed by atoms with Gasteiger partial charge in [-0.1, -0.05) is 29.8 Å². The van der Waals surface area contributed by atoms with Crippen LogP contribution in [-0.4, -0.2) is 17.7 Å². The molecule has 2 rings (SSSR count). The molecule has 3 nitrogen and oxygen atoms in total. The van der Waals surface area contributed by atoms with Crippen LogP contribution >= 0.6 is 15.9 Å². The maximum atomic E-state index is 14.3. The number of benzene rings is 1. The molecule has 1 aromatic rings. The zero-order valence-corrected chi connectivity index (χ0v) is 16.0. The third-order valence-electron chi connectivity index (χ3n) is 3.82. The quantitative estimate of drug-likeness (QED) is 0.654. The van der Waals surface area contributed by atoms with Crippen LogP contribution in [0.25, 0.3) is 0 Å². The summed E-state index contributed by atoms with van der Waals surface area (Å²) in [6.07, 6.45) is 1.86. The largest absolute Gasteiger partial charge is 0.443 e. The van der Waals surface area contributed by atoms with Gasteiger partial charge in [-0.25, -0.2) is 9.18 Å². The summed E-state index contributed by atoms with van der Waals surface area (Å²) >= 11 is 3.33. The molecule has 128 valence electrons. The van der Waals surface area contributed by atoms with E-state index in [4.69, 9.17) is 4.74 Å². The first-order valence-electron chi connectivity index (χ1n) is 8.08. The average molecular weight is 386 g/mol. The van der Waals surface area contributed by atoms with Gasteiger partial charge in [0.05, 0.1) is 5.69 Å². The number of fused-ring (bicyclic) bond motifs is 1. The molecule has 1 aromatic carbocycles. The van der Waals surface area contributed by atoms with Gasteiger partial charge in [-0.2, -0.15) is 0 Å². The lowest BCUT2D eigenvalue weighted by atomic mass is 9.90. The SMILES string of the molecule is CC(C)CC1CCc2c(F)cc(Br)cc2N1C(=O)OC(C)(C)C. The average Bonchev–Trinajstić information content (AvgIpc) is 2.34. The smallest absolute Gasteiger partial charge is 0.415 e. The van der Waals surface area contributed by atoms with Crippen molar-refractivity contribution in [2.24, 2.45) is 5.92 Å². The second-order valence-corrected chi connectivity index (χ2v) is 8.47. The Labute approximate surface area is 146 Å². The lowest BCUT2D eigenvalue weighted by Gasteiger charge is -2.39. The van der Waals surface area contributed by atoms with E-state index in [1.165, 1.54) is 6.07 Å². The van der Waals surface area contributed by atoms with Gasteiger partial charge in [0.15, 0.2) is 0 Å². The molecule has 0 radical (unpaired) electrons. The lowest BCUT2D eigenvalue weighted by Crippen LogP contribution is -2.47. The van der Waals surface area contributed by atoms with Crippen LogP contribution in [-0.2, 0) is 11.2 Å². The number of hydrogen-bond acceptors (Lipinski definition) is 2. The lowest BCUT2D eigenvalue weighted by molar-refractivity contribution is 0.0556. The van der Waals surface area contributed by atoms with Crippen LogP contribution in [0.15, 0.2) is 16.6 Å². The van der Waals surface area contributed by atoms with Crippen LogP contribution in [0.3, 0.4) is 0 Å². The molecule has 1 heterocycles. The molecule has 1 amide bonds. The van der Waals surface area contributed by atoms with Crippen molar-refractivity contribution in [3.8, 4) is 0 Å². The van der Waals surface area contributed by atoms with Gasteiger partial charge in [0.25, 0.3) is 0 Å². The van der Waals surface area contributed by atoms with Gasteiger partial charge in [-0.3, -0.25) is 4.90 Å². The Balaban J connectivity index is 2.45. The van der Waals surface area contributed by atoms with E-state index < -0.39 is 11.7 Å². The highest BCUT2D eigenvalue weighted by atomic mass is 79.9. The van der Waals surface area contributed by atoms with Gasteiger partial charge in [0.2, 0.25) is 0 Å². The Kier molecular flexibility index (Phi) is 5.39. The zero-order valence-electron chi connectivity index (χ0n) is 14.5. The summed E-state index contributed by atoms with van der Waals surface area (Å²) in [5.41, 5.74) is 0.642. The summed E-state index contributed by atoms with van der Waals surface area (Å²) in [7, 11) is 0. The summed E-state index contributed by atoms with van der Waals surface area (Å²) < 4.78 is 20.5. The highest BCUT2D eigenvalue weighted by Crippen LogP contribution is 2.37. The maximum Gasteiger partial charge on any atom is 0.415 e. The molecule has 0 spiro atoms. The van der Waals surface area contributed by atoms with Crippen molar-refractivity contribution in [1.82, 2.24) is 0 Å². The molecule has 0 N–H and O–H groups in total. The van der Waals surface area contributed by atoms with Crippen LogP contribution in [0, 0.1) is 11.7 Å². The van der Waals surface area contributed by atoms with Crippen molar-refractivity contribution < 1.29 is 13.9 Å². The summed E-state index contributed by atoms with van der Waals surface area (Å²) in [6.45, 7) is 9.78. The van der Waals surface area contributed by atoms with Crippen LogP contribution < -0.4 is 4.90 Å². The highest BCUT2D eigenvalue weighted by Gasteiger charge is 2.35. The van der Waals surface area contributed by atoms with Crippen molar-refractivity contribution in [3.63, 3.8) is 0 Å². The monoisotopic (exact) mass is 385 g/mol. The normalized spacial score (nSPS) is 18.1. The molecule has 23 heavy (non-hydrogen) atoms. The van der Waals surface area contributed by atoms with Gasteiger partial charge in [-0.15, -0.1) is 0 Å². The van der Waals surface area contributed by atoms with Crippen LogP contribution in [0.5, 0.6) is 0 Å². The number of rotatable bonds is 2. The molecule has 0 saturated carbocycles. The number of carbonyl (C=O) groups is 1. The van der Waals surface area contributed by atoms with Crippen molar-refractivity contribution in [2.75, 3.05) is 4.90 Å². The number of ether oxygens (including phenoxy) is 1. The number of carbonyl (C=O) groups excluding carboxylic acids is 1. The first-order valence-corrected chi connectivity index (χ1v) is 8.88. The van der Waals surface area contributed by atoms with Crippen molar-refractivity contribution in [2.45, 2.75) is 65.5 Å². The molecular weight excluding hydrogens is 361 g/mol. The Morgan fingerprint density at radius 2 is 2.09 bits per heavy atom. The second kappa shape index (κ2) is 6.80. The van der Waals surface area contributed by atoms with Gasteiger partial charge < -0.3 is 4.74 Å². The van der Waals surface area contributed by atoms with E-state index in [1.54, 1.807) is 4.90 Å². The van der Waals surface area contributed by atoms with E-state index in [0.717, 1.165) is 12.8 Å². The first-order chi connectivity index (χ1) is 10.6. The topological polar surface area (TPSA) is 29.5 Å². The minimum absolute atomic E-state index is 0.0334. The highest BCUT2D eigenvalue weighted by molar-refractivity contribution is 9.10. The van der Waals surface area contributed by atoms with E-state index in [1.807, 2.05) is 26.8 Å².